The Kier molecular flexibility index (Phi) is 5.11. The van der Waals surface area contributed by atoms with E-state index in [0.29, 0.717) is 24.4 Å². The highest BCUT2D eigenvalue weighted by molar-refractivity contribution is 5.90. The van der Waals surface area contributed by atoms with Crippen LogP contribution in [0.1, 0.15) is 28.4 Å². The number of anilines is 1. The number of amides is 2. The van der Waals surface area contributed by atoms with E-state index in [-0.39, 0.29) is 12.1 Å². The molecule has 0 saturated heterocycles. The third kappa shape index (κ3) is 3.96. The zero-order chi connectivity index (χ0) is 18.7. The number of methoxy groups -OCH3 is 1. The van der Waals surface area contributed by atoms with Crippen LogP contribution in [0.25, 0.3) is 0 Å². The van der Waals surface area contributed by atoms with Gasteiger partial charge in [0.05, 0.1) is 25.8 Å². The molecular formula is C20H22N2O4. The molecule has 2 aromatic carbocycles. The summed E-state index contributed by atoms with van der Waals surface area (Å²) in [4.78, 5) is 26.1. The first-order chi connectivity index (χ1) is 12.5. The Morgan fingerprint density at radius 3 is 2.62 bits per heavy atom. The predicted octanol–water partition coefficient (Wildman–Crippen LogP) is 3.60. The van der Waals surface area contributed by atoms with Crippen LogP contribution in [0.3, 0.4) is 0 Å². The Morgan fingerprint density at radius 1 is 1.19 bits per heavy atom. The lowest BCUT2D eigenvalue weighted by molar-refractivity contribution is 0.0600. The topological polar surface area (TPSA) is 67.9 Å². The number of ether oxygens (including phenoxy) is 2. The van der Waals surface area contributed by atoms with E-state index >= 15 is 0 Å². The summed E-state index contributed by atoms with van der Waals surface area (Å²) in [6.07, 6.45) is -0.201. The molecule has 26 heavy (non-hydrogen) atoms. The SMILES string of the molecule is COC(=O)c1ccc2c(c1)O[C@@H](C)CN(C(=O)Nc1ccc(C)cc1)C2. The quantitative estimate of drug-likeness (QED) is 0.837. The van der Waals surface area contributed by atoms with Crippen molar-refractivity contribution in [3.8, 4) is 5.75 Å². The molecule has 136 valence electrons. The second kappa shape index (κ2) is 7.47. The zero-order valence-electron chi connectivity index (χ0n) is 15.1. The van der Waals surface area contributed by atoms with Gasteiger partial charge in [-0.2, -0.15) is 0 Å². The number of rotatable bonds is 2. The number of fused-ring (bicyclic) bond motifs is 1. The standard InChI is InChI=1S/C20H22N2O4/c1-13-4-8-17(9-5-13)21-20(24)22-11-14(2)26-18-10-15(19(23)25-3)6-7-16(18)12-22/h4-10,14H,11-12H2,1-3H3,(H,21,24)/t14-/m0/s1. The Hall–Kier alpha value is -3.02. The van der Waals surface area contributed by atoms with Crippen molar-refractivity contribution < 1.29 is 19.1 Å². The summed E-state index contributed by atoms with van der Waals surface area (Å²) in [5.74, 6) is 0.188. The number of carbonyl (C=O) groups excluding carboxylic acids is 2. The van der Waals surface area contributed by atoms with Gasteiger partial charge >= 0.3 is 12.0 Å². The lowest BCUT2D eigenvalue weighted by Crippen LogP contribution is -2.38. The fourth-order valence-electron chi connectivity index (χ4n) is 2.87. The Labute approximate surface area is 152 Å². The lowest BCUT2D eigenvalue weighted by atomic mass is 10.1. The maximum Gasteiger partial charge on any atom is 0.337 e. The van der Waals surface area contributed by atoms with Crippen molar-refractivity contribution in [1.29, 1.82) is 0 Å². The fraction of sp³-hybridized carbons (Fsp3) is 0.300. The summed E-state index contributed by atoms with van der Waals surface area (Å²) in [6, 6.07) is 12.6. The van der Waals surface area contributed by atoms with E-state index in [2.05, 4.69) is 5.32 Å². The van der Waals surface area contributed by atoms with E-state index in [0.717, 1.165) is 16.8 Å². The summed E-state index contributed by atoms with van der Waals surface area (Å²) >= 11 is 0. The average Bonchev–Trinajstić information content (AvgIpc) is 2.80. The van der Waals surface area contributed by atoms with Gasteiger partial charge in [-0.3, -0.25) is 0 Å². The van der Waals surface area contributed by atoms with Crippen LogP contribution < -0.4 is 10.1 Å². The molecule has 0 aromatic heterocycles. The Morgan fingerprint density at radius 2 is 1.92 bits per heavy atom. The van der Waals surface area contributed by atoms with E-state index in [1.807, 2.05) is 38.1 Å². The molecule has 3 rings (SSSR count). The third-order valence-electron chi connectivity index (χ3n) is 4.25. The molecule has 0 bridgehead atoms. The zero-order valence-corrected chi connectivity index (χ0v) is 15.1. The number of benzene rings is 2. The first-order valence-corrected chi connectivity index (χ1v) is 8.47. The summed E-state index contributed by atoms with van der Waals surface area (Å²) in [7, 11) is 1.34. The van der Waals surface area contributed by atoms with Gasteiger partial charge in [0.15, 0.2) is 0 Å². The third-order valence-corrected chi connectivity index (χ3v) is 4.25. The molecule has 6 heteroatoms. The van der Waals surface area contributed by atoms with E-state index in [1.54, 1.807) is 23.1 Å². The monoisotopic (exact) mass is 354 g/mol. The second-order valence-electron chi connectivity index (χ2n) is 6.42. The maximum absolute atomic E-state index is 12.7. The molecule has 1 aliphatic rings. The number of aryl methyl sites for hydroxylation is 1. The molecule has 1 aliphatic heterocycles. The van der Waals surface area contributed by atoms with Crippen molar-refractivity contribution in [2.24, 2.45) is 0 Å². The first kappa shape index (κ1) is 17.8. The van der Waals surface area contributed by atoms with Crippen molar-refractivity contribution in [3.05, 3.63) is 59.2 Å². The van der Waals surface area contributed by atoms with E-state index in [1.165, 1.54) is 7.11 Å². The van der Waals surface area contributed by atoms with Crippen LogP contribution in [0.15, 0.2) is 42.5 Å². The molecule has 0 fully saturated rings. The van der Waals surface area contributed by atoms with Gasteiger partial charge in [0.2, 0.25) is 0 Å². The predicted molar refractivity (Wildman–Crippen MR) is 98.5 cm³/mol. The molecule has 0 saturated carbocycles. The van der Waals surface area contributed by atoms with Gasteiger partial charge in [0.25, 0.3) is 0 Å². The number of nitrogens with zero attached hydrogens (tertiary/aromatic N) is 1. The second-order valence-corrected chi connectivity index (χ2v) is 6.42. The summed E-state index contributed by atoms with van der Waals surface area (Å²) in [5.41, 5.74) is 3.16. The Balaban J connectivity index is 1.79. The highest BCUT2D eigenvalue weighted by Gasteiger charge is 2.24. The summed E-state index contributed by atoms with van der Waals surface area (Å²) < 4.78 is 10.7. The van der Waals surface area contributed by atoms with Crippen LogP contribution in [-0.4, -0.2) is 36.7 Å². The smallest absolute Gasteiger partial charge is 0.337 e. The summed E-state index contributed by atoms with van der Waals surface area (Å²) in [5, 5.41) is 2.91. The normalized spacial score (nSPS) is 16.1. The van der Waals surface area contributed by atoms with Gasteiger partial charge in [0, 0.05) is 11.3 Å². The van der Waals surface area contributed by atoms with Crippen LogP contribution in [0.4, 0.5) is 10.5 Å². The van der Waals surface area contributed by atoms with Gasteiger partial charge in [-0.15, -0.1) is 0 Å². The summed E-state index contributed by atoms with van der Waals surface area (Å²) in [6.45, 7) is 4.74. The van der Waals surface area contributed by atoms with Gasteiger partial charge in [-0.25, -0.2) is 9.59 Å². The van der Waals surface area contributed by atoms with Crippen LogP contribution in [-0.2, 0) is 11.3 Å². The molecule has 0 spiro atoms. The molecule has 0 unspecified atom stereocenters. The van der Waals surface area contributed by atoms with Crippen molar-refractivity contribution >= 4 is 17.7 Å². The minimum Gasteiger partial charge on any atom is -0.488 e. The van der Waals surface area contributed by atoms with Gasteiger partial charge < -0.3 is 19.7 Å². The van der Waals surface area contributed by atoms with Crippen molar-refractivity contribution in [2.75, 3.05) is 19.0 Å². The van der Waals surface area contributed by atoms with Crippen molar-refractivity contribution in [1.82, 2.24) is 4.90 Å². The van der Waals surface area contributed by atoms with Gasteiger partial charge in [-0.1, -0.05) is 23.8 Å². The molecule has 0 aliphatic carbocycles. The molecule has 2 aromatic rings. The first-order valence-electron chi connectivity index (χ1n) is 8.47. The highest BCUT2D eigenvalue weighted by atomic mass is 16.5. The number of carbonyl (C=O) groups is 2. The van der Waals surface area contributed by atoms with Crippen molar-refractivity contribution in [2.45, 2.75) is 26.5 Å². The van der Waals surface area contributed by atoms with E-state index in [9.17, 15) is 9.59 Å². The number of hydrogen-bond donors (Lipinski definition) is 1. The van der Waals surface area contributed by atoms with Crippen LogP contribution in [0.5, 0.6) is 5.75 Å². The van der Waals surface area contributed by atoms with Crippen LogP contribution in [0.2, 0.25) is 0 Å². The minimum atomic E-state index is -0.415. The molecule has 6 nitrogen and oxygen atoms in total. The van der Waals surface area contributed by atoms with Gasteiger partial charge in [0.1, 0.15) is 11.9 Å². The minimum absolute atomic E-state index is 0.186. The van der Waals surface area contributed by atoms with Crippen LogP contribution in [0, 0.1) is 6.92 Å². The molecule has 1 atom stereocenters. The molecule has 1 N–H and O–H groups in total. The Bertz CT molecular complexity index is 817. The molecule has 0 radical (unpaired) electrons. The average molecular weight is 354 g/mol. The maximum atomic E-state index is 12.7. The lowest BCUT2D eigenvalue weighted by Gasteiger charge is -2.22. The van der Waals surface area contributed by atoms with Crippen molar-refractivity contribution in [3.63, 3.8) is 0 Å². The molecule has 2 amide bonds. The fourth-order valence-corrected chi connectivity index (χ4v) is 2.87. The molecular weight excluding hydrogens is 332 g/mol. The number of hydrogen-bond acceptors (Lipinski definition) is 4. The highest BCUT2D eigenvalue weighted by Crippen LogP contribution is 2.27. The largest absolute Gasteiger partial charge is 0.488 e. The van der Waals surface area contributed by atoms with E-state index in [4.69, 9.17) is 9.47 Å². The molecule has 1 heterocycles. The number of esters is 1. The van der Waals surface area contributed by atoms with Gasteiger partial charge in [-0.05, 0) is 38.1 Å². The van der Waals surface area contributed by atoms with Crippen LogP contribution >= 0.6 is 0 Å². The number of nitrogens with one attached hydrogen (secondary N) is 1. The number of urea groups is 1. The van der Waals surface area contributed by atoms with E-state index < -0.39 is 5.97 Å².